The molecule has 60 heavy (non-hydrogen) atoms. The minimum Gasteiger partial charge on any atom is -0.201 e. The van der Waals surface area contributed by atoms with Crippen LogP contribution in [0.3, 0.4) is 0 Å². The Kier molecular flexibility index (Phi) is 13.0. The zero-order valence-corrected chi connectivity index (χ0v) is 37.1. The fraction of sp³-hybridized carbons (Fsp3) is 0.211. The standard InChI is InChI=1S/2C20H20N.C17H20N/c2*1-15-9-7-8-12-18(15)20-13-16(2)19(14-21(20)3)17-10-5-4-6-11-17;1-12-7-8-16(13(2)9-12)17-10-14-5-4-6-15(14)11-18(17)3/h2*4-14H,1-3H3;7-11H,4-6H2,1-3H3/q3*+1. The van der Waals surface area contributed by atoms with Gasteiger partial charge in [0.1, 0.15) is 21.1 Å². The van der Waals surface area contributed by atoms with Gasteiger partial charge in [0.15, 0.2) is 18.6 Å². The Hall–Kier alpha value is -6.45. The highest BCUT2D eigenvalue weighted by molar-refractivity contribution is 5.71. The molecule has 1 aliphatic rings. The number of hydrogen-bond donors (Lipinski definition) is 0. The Bertz CT molecular complexity index is 2630. The maximum absolute atomic E-state index is 2.39. The topological polar surface area (TPSA) is 11.6 Å². The van der Waals surface area contributed by atoms with Gasteiger partial charge in [-0.15, -0.1) is 0 Å². The summed E-state index contributed by atoms with van der Waals surface area (Å²) in [6.45, 7) is 13.1. The molecule has 1 aliphatic carbocycles. The zero-order chi connectivity index (χ0) is 42.3. The van der Waals surface area contributed by atoms with E-state index in [2.05, 4.69) is 241 Å². The number of aryl methyl sites for hydroxylation is 11. The van der Waals surface area contributed by atoms with E-state index < -0.39 is 0 Å². The molecule has 0 radical (unpaired) electrons. The Morgan fingerprint density at radius 3 is 1.22 bits per heavy atom. The van der Waals surface area contributed by atoms with Crippen LogP contribution in [0.5, 0.6) is 0 Å². The predicted octanol–water partition coefficient (Wildman–Crippen LogP) is 12.2. The second-order valence-corrected chi connectivity index (χ2v) is 16.6. The van der Waals surface area contributed by atoms with Crippen molar-refractivity contribution >= 4 is 0 Å². The van der Waals surface area contributed by atoms with Crippen LogP contribution in [0.25, 0.3) is 56.0 Å². The number of aromatic nitrogens is 3. The minimum absolute atomic E-state index is 1.24. The summed E-state index contributed by atoms with van der Waals surface area (Å²) in [6.07, 6.45) is 10.6. The SMILES string of the molecule is Cc1cc(-c2ccccc2C)[n+](C)cc1-c1ccccc1.Cc1cc(-c2ccccc2C)[n+](C)cc1-c1ccccc1.Cc1ccc(-c2cc3c(c[n+]2C)CCC3)c(C)c1. The van der Waals surface area contributed by atoms with Gasteiger partial charge in [0.25, 0.3) is 0 Å². The van der Waals surface area contributed by atoms with E-state index in [4.69, 9.17) is 0 Å². The molecule has 3 heteroatoms. The highest BCUT2D eigenvalue weighted by atomic mass is 14.9. The van der Waals surface area contributed by atoms with E-state index in [0.29, 0.717) is 0 Å². The number of hydrogen-bond acceptors (Lipinski definition) is 0. The lowest BCUT2D eigenvalue weighted by Crippen LogP contribution is -2.31. The summed E-state index contributed by atoms with van der Waals surface area (Å²) in [5.41, 5.74) is 23.9. The number of benzene rings is 5. The molecule has 3 heterocycles. The van der Waals surface area contributed by atoms with Gasteiger partial charge < -0.3 is 0 Å². The van der Waals surface area contributed by atoms with Crippen molar-refractivity contribution in [3.8, 4) is 56.0 Å². The van der Waals surface area contributed by atoms with Crippen molar-refractivity contribution in [3.05, 3.63) is 209 Å². The van der Waals surface area contributed by atoms with Crippen LogP contribution in [0, 0.1) is 41.5 Å². The molecule has 0 spiro atoms. The van der Waals surface area contributed by atoms with Crippen LogP contribution in [-0.4, -0.2) is 0 Å². The fourth-order valence-corrected chi connectivity index (χ4v) is 8.64. The van der Waals surface area contributed by atoms with E-state index in [-0.39, 0.29) is 0 Å². The van der Waals surface area contributed by atoms with Gasteiger partial charge in [-0.05, 0) is 124 Å². The van der Waals surface area contributed by atoms with Gasteiger partial charge in [-0.2, -0.15) is 0 Å². The third kappa shape index (κ3) is 9.37. The Balaban J connectivity index is 0.000000137. The van der Waals surface area contributed by atoms with Crippen molar-refractivity contribution in [2.24, 2.45) is 21.1 Å². The van der Waals surface area contributed by atoms with Crippen molar-refractivity contribution < 1.29 is 13.7 Å². The molecule has 0 N–H and O–H groups in total. The third-order valence-electron chi connectivity index (χ3n) is 12.0. The lowest BCUT2D eigenvalue weighted by molar-refractivity contribution is -0.660. The van der Waals surface area contributed by atoms with Crippen molar-refractivity contribution in [1.82, 2.24) is 0 Å². The summed E-state index contributed by atoms with van der Waals surface area (Å²) >= 11 is 0. The monoisotopic (exact) mass is 786 g/mol. The molecule has 0 aliphatic heterocycles. The van der Waals surface area contributed by atoms with Gasteiger partial charge in [0.05, 0.1) is 0 Å². The summed E-state index contributed by atoms with van der Waals surface area (Å²) in [7, 11) is 6.40. The molecule has 0 bridgehead atoms. The molecule has 0 atom stereocenters. The van der Waals surface area contributed by atoms with Crippen LogP contribution in [-0.2, 0) is 34.0 Å². The quantitative estimate of drug-likeness (QED) is 0.154. The molecular formula is C57H60N3+3. The van der Waals surface area contributed by atoms with Crippen molar-refractivity contribution in [2.75, 3.05) is 0 Å². The highest BCUT2D eigenvalue weighted by Crippen LogP contribution is 2.30. The average Bonchev–Trinajstić information content (AvgIpc) is 3.71. The molecule has 3 aromatic heterocycles. The molecule has 0 fully saturated rings. The highest BCUT2D eigenvalue weighted by Gasteiger charge is 2.21. The van der Waals surface area contributed by atoms with Crippen molar-refractivity contribution in [1.29, 1.82) is 0 Å². The molecule has 300 valence electrons. The molecule has 8 aromatic rings. The van der Waals surface area contributed by atoms with Crippen molar-refractivity contribution in [2.45, 2.75) is 60.8 Å². The summed E-state index contributed by atoms with van der Waals surface area (Å²) in [5.74, 6) is 0. The number of pyridine rings is 3. The van der Waals surface area contributed by atoms with E-state index in [1.165, 1.54) is 114 Å². The van der Waals surface area contributed by atoms with E-state index in [0.717, 1.165) is 0 Å². The molecular weight excluding hydrogens is 727 g/mol. The van der Waals surface area contributed by atoms with Gasteiger partial charge in [0.2, 0.25) is 17.1 Å². The first-order valence-electron chi connectivity index (χ1n) is 21.3. The number of fused-ring (bicyclic) bond motifs is 1. The summed E-state index contributed by atoms with van der Waals surface area (Å²) in [6, 6.07) is 51.9. The second kappa shape index (κ2) is 18.6. The van der Waals surface area contributed by atoms with Crippen LogP contribution in [0.2, 0.25) is 0 Å². The maximum atomic E-state index is 2.39. The minimum atomic E-state index is 1.24. The Labute approximate surface area is 359 Å². The normalized spacial score (nSPS) is 11.6. The lowest BCUT2D eigenvalue weighted by atomic mass is 9.98. The molecule has 0 saturated heterocycles. The number of rotatable bonds is 5. The van der Waals surface area contributed by atoms with Crippen LogP contribution in [0.15, 0.2) is 164 Å². The zero-order valence-electron chi connectivity index (χ0n) is 37.1. The smallest absolute Gasteiger partial charge is 0.201 e. The largest absolute Gasteiger partial charge is 0.212 e. The van der Waals surface area contributed by atoms with Gasteiger partial charge in [-0.1, -0.05) is 115 Å². The molecule has 5 aromatic carbocycles. The summed E-state index contributed by atoms with van der Waals surface area (Å²) in [4.78, 5) is 0. The predicted molar refractivity (Wildman–Crippen MR) is 250 cm³/mol. The van der Waals surface area contributed by atoms with Crippen LogP contribution < -0.4 is 13.7 Å². The van der Waals surface area contributed by atoms with E-state index in [1.54, 1.807) is 5.56 Å². The van der Waals surface area contributed by atoms with E-state index in [9.17, 15) is 0 Å². The van der Waals surface area contributed by atoms with E-state index >= 15 is 0 Å². The summed E-state index contributed by atoms with van der Waals surface area (Å²) < 4.78 is 6.72. The molecule has 0 unspecified atom stereocenters. The maximum Gasteiger partial charge on any atom is 0.212 e. The summed E-state index contributed by atoms with van der Waals surface area (Å²) in [5, 5.41) is 0. The van der Waals surface area contributed by atoms with Gasteiger partial charge >= 0.3 is 0 Å². The lowest BCUT2D eigenvalue weighted by Gasteiger charge is -2.09. The first kappa shape index (κ1) is 41.7. The third-order valence-corrected chi connectivity index (χ3v) is 12.0. The van der Waals surface area contributed by atoms with Gasteiger partial charge in [-0.3, -0.25) is 0 Å². The van der Waals surface area contributed by atoms with Gasteiger partial charge in [-0.25, -0.2) is 13.7 Å². The van der Waals surface area contributed by atoms with Crippen LogP contribution >= 0.6 is 0 Å². The molecule has 3 nitrogen and oxygen atoms in total. The van der Waals surface area contributed by atoms with Crippen LogP contribution in [0.1, 0.15) is 50.9 Å². The Morgan fingerprint density at radius 1 is 0.333 bits per heavy atom. The average molecular weight is 787 g/mol. The van der Waals surface area contributed by atoms with Crippen molar-refractivity contribution in [3.63, 3.8) is 0 Å². The molecule has 0 amide bonds. The Morgan fingerprint density at radius 2 is 0.733 bits per heavy atom. The first-order valence-corrected chi connectivity index (χ1v) is 21.3. The fourth-order valence-electron chi connectivity index (χ4n) is 8.64. The van der Waals surface area contributed by atoms with E-state index in [1.807, 2.05) is 0 Å². The second-order valence-electron chi connectivity index (χ2n) is 16.6. The van der Waals surface area contributed by atoms with Gasteiger partial charge in [0, 0.05) is 51.6 Å². The first-order chi connectivity index (χ1) is 29.0. The van der Waals surface area contributed by atoms with Crippen LogP contribution in [0.4, 0.5) is 0 Å². The number of nitrogens with zero attached hydrogens (tertiary/aromatic N) is 3. The molecule has 0 saturated carbocycles. The molecule has 9 rings (SSSR count).